The van der Waals surface area contributed by atoms with Crippen LogP contribution in [0.25, 0.3) is 0 Å². The number of aliphatic hydroxyl groups is 1. The van der Waals surface area contributed by atoms with Gasteiger partial charge in [-0.3, -0.25) is 14.3 Å². The van der Waals surface area contributed by atoms with Gasteiger partial charge < -0.3 is 19.9 Å². The van der Waals surface area contributed by atoms with Gasteiger partial charge in [-0.15, -0.1) is 0 Å². The lowest BCUT2D eigenvalue weighted by molar-refractivity contribution is -0.135. The Bertz CT molecular complexity index is 753. The number of carbonyl (C=O) groups excluding carboxylic acids is 2. The highest BCUT2D eigenvalue weighted by Gasteiger charge is 2.26. The molecule has 3 heterocycles. The van der Waals surface area contributed by atoms with E-state index in [-0.39, 0.29) is 31.0 Å². The molecule has 8 heteroatoms. The summed E-state index contributed by atoms with van der Waals surface area (Å²) in [6.07, 6.45) is 4.68. The highest BCUT2D eigenvalue weighted by atomic mass is 16.3. The summed E-state index contributed by atoms with van der Waals surface area (Å²) < 4.78 is 3.83. The predicted octanol–water partition coefficient (Wildman–Crippen LogP) is 0.329. The van der Waals surface area contributed by atoms with Gasteiger partial charge >= 0.3 is 0 Å². The smallest absolute Gasteiger partial charge is 0.245 e. The van der Waals surface area contributed by atoms with Gasteiger partial charge in [0, 0.05) is 38.3 Å². The first-order valence-electron chi connectivity index (χ1n) is 8.93. The molecule has 0 aromatic carbocycles. The summed E-state index contributed by atoms with van der Waals surface area (Å²) in [7, 11) is 0. The molecule has 2 amide bonds. The van der Waals surface area contributed by atoms with E-state index in [1.54, 1.807) is 0 Å². The fourth-order valence-corrected chi connectivity index (χ4v) is 3.16. The third-order valence-electron chi connectivity index (χ3n) is 4.63. The van der Waals surface area contributed by atoms with Crippen molar-refractivity contribution in [2.24, 2.45) is 0 Å². The first-order chi connectivity index (χ1) is 12.6. The van der Waals surface area contributed by atoms with Crippen LogP contribution in [0.5, 0.6) is 0 Å². The maximum absolute atomic E-state index is 12.7. The van der Waals surface area contributed by atoms with Crippen LogP contribution in [-0.2, 0) is 29.1 Å². The van der Waals surface area contributed by atoms with Gasteiger partial charge in [0.25, 0.3) is 0 Å². The van der Waals surface area contributed by atoms with E-state index in [9.17, 15) is 9.59 Å². The standard InChI is InChI=1S/C18H25N5O3/c1-14(21-7-2-3-8-21)18(26)22-9-10-23-16(13-22)12-15(20-23)4-5-17(25)19-6-11-24/h2-3,7-8,12,14,24H,4-6,9-11,13H2,1H3,(H,19,25)/t14-/m0/s1. The summed E-state index contributed by atoms with van der Waals surface area (Å²) in [5.41, 5.74) is 1.85. The lowest BCUT2D eigenvalue weighted by atomic mass is 10.2. The molecule has 2 aromatic rings. The number of aromatic nitrogens is 3. The normalized spacial score (nSPS) is 14.8. The summed E-state index contributed by atoms with van der Waals surface area (Å²) >= 11 is 0. The second-order valence-electron chi connectivity index (χ2n) is 6.49. The first kappa shape index (κ1) is 18.2. The summed E-state index contributed by atoms with van der Waals surface area (Å²) in [6.45, 7) is 3.95. The summed E-state index contributed by atoms with van der Waals surface area (Å²) in [6, 6.07) is 5.57. The minimum Gasteiger partial charge on any atom is -0.395 e. The number of aliphatic hydroxyl groups excluding tert-OH is 1. The second kappa shape index (κ2) is 8.18. The average Bonchev–Trinajstić information content (AvgIpc) is 3.32. The number of nitrogens with one attached hydrogen (secondary N) is 1. The number of amides is 2. The zero-order valence-electron chi connectivity index (χ0n) is 15.0. The van der Waals surface area contributed by atoms with Crippen molar-refractivity contribution in [3.05, 3.63) is 42.0 Å². The van der Waals surface area contributed by atoms with Gasteiger partial charge in [-0.2, -0.15) is 5.10 Å². The molecule has 1 aliphatic heterocycles. The molecule has 0 saturated heterocycles. The lowest BCUT2D eigenvalue weighted by Gasteiger charge is -2.30. The van der Waals surface area contributed by atoms with Gasteiger partial charge in [0.2, 0.25) is 11.8 Å². The van der Waals surface area contributed by atoms with Crippen LogP contribution in [0.3, 0.4) is 0 Å². The van der Waals surface area contributed by atoms with Crippen molar-refractivity contribution in [1.82, 2.24) is 24.6 Å². The third-order valence-corrected chi connectivity index (χ3v) is 4.63. The molecule has 0 unspecified atom stereocenters. The van der Waals surface area contributed by atoms with E-state index >= 15 is 0 Å². The van der Waals surface area contributed by atoms with Crippen LogP contribution >= 0.6 is 0 Å². The monoisotopic (exact) mass is 359 g/mol. The molecule has 0 aliphatic carbocycles. The summed E-state index contributed by atoms with van der Waals surface area (Å²) in [4.78, 5) is 26.2. The lowest BCUT2D eigenvalue weighted by Crippen LogP contribution is -2.41. The summed E-state index contributed by atoms with van der Waals surface area (Å²) in [5.74, 6) is 0.000884. The minimum absolute atomic E-state index is 0.0597. The molecule has 0 fully saturated rings. The fourth-order valence-electron chi connectivity index (χ4n) is 3.16. The molecular formula is C18H25N5O3. The van der Waals surface area contributed by atoms with Gasteiger partial charge in [-0.25, -0.2) is 0 Å². The van der Waals surface area contributed by atoms with Gasteiger partial charge in [-0.1, -0.05) is 0 Å². The van der Waals surface area contributed by atoms with Crippen LogP contribution in [0.15, 0.2) is 30.6 Å². The van der Waals surface area contributed by atoms with Gasteiger partial charge in [0.15, 0.2) is 0 Å². The molecule has 1 aliphatic rings. The SMILES string of the molecule is C[C@@H](C(=O)N1CCn2nc(CCC(=O)NCCO)cc2C1)n1cccc1. The van der Waals surface area contributed by atoms with E-state index in [2.05, 4.69) is 10.4 Å². The molecular weight excluding hydrogens is 334 g/mol. The summed E-state index contributed by atoms with van der Waals surface area (Å²) in [5, 5.41) is 15.9. The third kappa shape index (κ3) is 4.13. The van der Waals surface area contributed by atoms with E-state index in [1.165, 1.54) is 0 Å². The van der Waals surface area contributed by atoms with Crippen LogP contribution in [0, 0.1) is 0 Å². The number of fused-ring (bicyclic) bond motifs is 1. The van der Waals surface area contributed by atoms with E-state index < -0.39 is 0 Å². The molecule has 140 valence electrons. The molecule has 26 heavy (non-hydrogen) atoms. The zero-order chi connectivity index (χ0) is 18.5. The molecule has 8 nitrogen and oxygen atoms in total. The zero-order valence-corrected chi connectivity index (χ0v) is 15.0. The van der Waals surface area contributed by atoms with Crippen molar-refractivity contribution in [3.8, 4) is 0 Å². The van der Waals surface area contributed by atoms with E-state index in [4.69, 9.17) is 5.11 Å². The van der Waals surface area contributed by atoms with Crippen molar-refractivity contribution >= 4 is 11.8 Å². The fraction of sp³-hybridized carbons (Fsp3) is 0.500. The molecule has 0 saturated carbocycles. The average molecular weight is 359 g/mol. The quantitative estimate of drug-likeness (QED) is 0.745. The van der Waals surface area contributed by atoms with Crippen molar-refractivity contribution in [2.45, 2.75) is 38.9 Å². The number of hydrogen-bond donors (Lipinski definition) is 2. The Morgan fingerprint density at radius 1 is 1.31 bits per heavy atom. The highest BCUT2D eigenvalue weighted by molar-refractivity contribution is 5.80. The van der Waals surface area contributed by atoms with Crippen LogP contribution in [-0.4, -0.2) is 55.9 Å². The molecule has 0 spiro atoms. The predicted molar refractivity (Wildman–Crippen MR) is 95.2 cm³/mol. The molecule has 2 N–H and O–H groups in total. The number of nitrogens with zero attached hydrogens (tertiary/aromatic N) is 4. The number of carbonyl (C=O) groups is 2. The van der Waals surface area contributed by atoms with Crippen molar-refractivity contribution in [3.63, 3.8) is 0 Å². The Kier molecular flexibility index (Phi) is 5.72. The van der Waals surface area contributed by atoms with Crippen LogP contribution < -0.4 is 5.32 Å². The van der Waals surface area contributed by atoms with E-state index in [0.717, 1.165) is 11.4 Å². The second-order valence-corrected chi connectivity index (χ2v) is 6.49. The number of rotatable bonds is 7. The van der Waals surface area contributed by atoms with Crippen molar-refractivity contribution < 1.29 is 14.7 Å². The number of hydrogen-bond acceptors (Lipinski definition) is 4. The van der Waals surface area contributed by atoms with Crippen LogP contribution in [0.1, 0.15) is 30.8 Å². The Morgan fingerprint density at radius 3 is 2.81 bits per heavy atom. The molecule has 0 bridgehead atoms. The Labute approximate surface area is 152 Å². The molecule has 3 rings (SSSR count). The Balaban J connectivity index is 1.58. The molecule has 2 aromatic heterocycles. The number of aryl methyl sites for hydroxylation is 1. The van der Waals surface area contributed by atoms with Crippen LogP contribution in [0.4, 0.5) is 0 Å². The first-order valence-corrected chi connectivity index (χ1v) is 8.93. The topological polar surface area (TPSA) is 92.4 Å². The Hall–Kier alpha value is -2.61. The largest absolute Gasteiger partial charge is 0.395 e. The maximum atomic E-state index is 12.7. The molecule has 0 radical (unpaired) electrons. The minimum atomic E-state index is -0.228. The molecule has 1 atom stereocenters. The van der Waals surface area contributed by atoms with E-state index in [0.29, 0.717) is 32.5 Å². The van der Waals surface area contributed by atoms with Gasteiger partial charge in [0.05, 0.1) is 31.1 Å². The Morgan fingerprint density at radius 2 is 2.08 bits per heavy atom. The van der Waals surface area contributed by atoms with Gasteiger partial charge in [0.1, 0.15) is 6.04 Å². The van der Waals surface area contributed by atoms with Crippen LogP contribution in [0.2, 0.25) is 0 Å². The highest BCUT2D eigenvalue weighted by Crippen LogP contribution is 2.18. The van der Waals surface area contributed by atoms with Crippen molar-refractivity contribution in [2.75, 3.05) is 19.7 Å². The van der Waals surface area contributed by atoms with Gasteiger partial charge in [-0.05, 0) is 25.1 Å². The maximum Gasteiger partial charge on any atom is 0.245 e. The van der Waals surface area contributed by atoms with E-state index in [1.807, 2.05) is 51.7 Å². The van der Waals surface area contributed by atoms with Crippen molar-refractivity contribution in [1.29, 1.82) is 0 Å².